The molecule has 0 bridgehead atoms. The van der Waals surface area contributed by atoms with E-state index < -0.39 is 16.3 Å². The highest BCUT2D eigenvalue weighted by molar-refractivity contribution is 7.99. The molecule has 1 fully saturated rings. The van der Waals surface area contributed by atoms with Crippen molar-refractivity contribution < 1.29 is 27.4 Å². The average Bonchev–Trinajstić information content (AvgIpc) is 3.71. The number of oxazole rings is 1. The second kappa shape index (κ2) is 17.4. The van der Waals surface area contributed by atoms with Gasteiger partial charge in [0.05, 0.1) is 23.7 Å². The second-order valence-corrected chi connectivity index (χ2v) is 16.7. The molecule has 2 heterocycles. The summed E-state index contributed by atoms with van der Waals surface area (Å²) in [4.78, 5) is 5.20. The van der Waals surface area contributed by atoms with Gasteiger partial charge in [-0.3, -0.25) is 0 Å². The zero-order chi connectivity index (χ0) is 39.2. The number of aromatic nitrogens is 1. The Morgan fingerprint density at radius 1 is 0.684 bits per heavy atom. The minimum atomic E-state index is -3.68. The third-order valence-corrected chi connectivity index (χ3v) is 12.5. The lowest BCUT2D eigenvalue weighted by Gasteiger charge is -2.41. The fourth-order valence-corrected chi connectivity index (χ4v) is 9.05. The van der Waals surface area contributed by atoms with E-state index in [1.54, 1.807) is 30.3 Å². The van der Waals surface area contributed by atoms with Gasteiger partial charge < -0.3 is 19.0 Å². The quantitative estimate of drug-likeness (QED) is 0.111. The van der Waals surface area contributed by atoms with Gasteiger partial charge in [0, 0.05) is 34.9 Å². The second-order valence-electron chi connectivity index (χ2n) is 13.9. The Labute approximate surface area is 337 Å². The molecule has 0 unspecified atom stereocenters. The van der Waals surface area contributed by atoms with Crippen molar-refractivity contribution in [2.24, 2.45) is 5.92 Å². The lowest BCUT2D eigenvalue weighted by molar-refractivity contribution is -0.268. The Bertz CT molecular complexity index is 2440. The van der Waals surface area contributed by atoms with E-state index in [4.69, 9.17) is 18.9 Å². The molecule has 10 heteroatoms. The molecule has 4 atom stereocenters. The summed E-state index contributed by atoms with van der Waals surface area (Å²) in [6, 6.07) is 52.1. The number of thioether (sulfide) groups is 1. The van der Waals surface area contributed by atoms with Gasteiger partial charge in [-0.05, 0) is 39.9 Å². The van der Waals surface area contributed by atoms with Crippen LogP contribution in [-0.4, -0.2) is 30.4 Å². The first kappa shape index (κ1) is 38.5. The molecule has 57 heavy (non-hydrogen) atoms. The molecule has 7 aromatic rings. The van der Waals surface area contributed by atoms with E-state index in [0.29, 0.717) is 11.0 Å². The molecule has 0 aliphatic carbocycles. The highest BCUT2D eigenvalue weighted by atomic mass is 32.2. The van der Waals surface area contributed by atoms with Gasteiger partial charge in [0.2, 0.25) is 10.0 Å². The maximum Gasteiger partial charge on any atom is 0.256 e. The largest absolute Gasteiger partial charge is 0.431 e. The Morgan fingerprint density at radius 3 is 1.98 bits per heavy atom. The van der Waals surface area contributed by atoms with Gasteiger partial charge in [-0.15, -0.1) is 0 Å². The van der Waals surface area contributed by atoms with E-state index in [2.05, 4.69) is 11.6 Å². The number of benzene rings is 6. The van der Waals surface area contributed by atoms with E-state index in [0.717, 1.165) is 56.0 Å². The maximum absolute atomic E-state index is 13.0. The van der Waals surface area contributed by atoms with E-state index in [-0.39, 0.29) is 36.2 Å². The Balaban J connectivity index is 1.04. The van der Waals surface area contributed by atoms with Crippen LogP contribution in [0.3, 0.4) is 0 Å². The SMILES string of the molecule is C[C@@H]1[C@H](CSc2nc(-c3ccccc3)c(-c3ccccc3)o2)O[C@H](c2ccc(-c3ccccc3CNS(=O)(=O)c3ccccc3)cc2)O[C@@H]1c1ccc(CO)cc1. The van der Waals surface area contributed by atoms with Crippen molar-refractivity contribution in [3.8, 4) is 33.7 Å². The van der Waals surface area contributed by atoms with Gasteiger partial charge in [0.1, 0.15) is 5.69 Å². The van der Waals surface area contributed by atoms with Crippen LogP contribution in [-0.2, 0) is 32.6 Å². The van der Waals surface area contributed by atoms with Crippen LogP contribution in [0.15, 0.2) is 178 Å². The number of sulfonamides is 1. The monoisotopic (exact) mass is 794 g/mol. The Hall–Kier alpha value is -5.33. The van der Waals surface area contributed by atoms with Gasteiger partial charge in [-0.25, -0.2) is 18.1 Å². The molecule has 0 radical (unpaired) electrons. The molecule has 1 aliphatic heterocycles. The third kappa shape index (κ3) is 8.82. The number of nitrogens with one attached hydrogen (secondary N) is 1. The first-order valence-electron chi connectivity index (χ1n) is 18.8. The summed E-state index contributed by atoms with van der Waals surface area (Å²) in [5, 5.41) is 10.3. The summed E-state index contributed by atoms with van der Waals surface area (Å²) in [5.74, 6) is 1.26. The zero-order valence-electron chi connectivity index (χ0n) is 31.3. The molecule has 8 nitrogen and oxygen atoms in total. The number of hydrogen-bond donors (Lipinski definition) is 2. The van der Waals surface area contributed by atoms with E-state index >= 15 is 0 Å². The minimum absolute atomic E-state index is 0.0308. The lowest BCUT2D eigenvalue weighted by atomic mass is 9.91. The summed E-state index contributed by atoms with van der Waals surface area (Å²) in [6.07, 6.45) is -1.19. The van der Waals surface area contributed by atoms with Crippen molar-refractivity contribution in [2.75, 3.05) is 5.75 Å². The first-order valence-corrected chi connectivity index (χ1v) is 21.3. The van der Waals surface area contributed by atoms with Gasteiger partial charge >= 0.3 is 0 Å². The normalized spacial score (nSPS) is 18.4. The van der Waals surface area contributed by atoms with Crippen molar-refractivity contribution in [3.05, 3.63) is 186 Å². The number of nitrogens with zero attached hydrogens (tertiary/aromatic N) is 1. The molecule has 1 aromatic heterocycles. The molecule has 0 saturated carbocycles. The van der Waals surface area contributed by atoms with Crippen molar-refractivity contribution >= 4 is 21.8 Å². The van der Waals surface area contributed by atoms with Crippen molar-refractivity contribution in [1.29, 1.82) is 0 Å². The Kier molecular flexibility index (Phi) is 11.8. The molecule has 8 rings (SSSR count). The standard InChI is InChI=1S/C47H42N2O6S2/c1-32-42(31-56-47-49-43(35-13-5-2-6-14-35)45(55-47)36-15-7-3-8-16-36)53-46(54-44(32)37-23-21-33(30-50)22-24-37)38-27-25-34(26-28-38)41-20-12-11-17-39(41)29-48-57(51,52)40-18-9-4-10-19-40/h2-28,32,42,44,46,48,50H,29-31H2,1H3/t32-,42+,44+,46+/m1/s1. The maximum atomic E-state index is 13.0. The Morgan fingerprint density at radius 2 is 1.30 bits per heavy atom. The minimum Gasteiger partial charge on any atom is -0.431 e. The predicted molar refractivity (Wildman–Crippen MR) is 223 cm³/mol. The van der Waals surface area contributed by atoms with E-state index in [1.807, 2.05) is 133 Å². The highest BCUT2D eigenvalue weighted by Gasteiger charge is 2.39. The number of rotatable bonds is 13. The van der Waals surface area contributed by atoms with Crippen LogP contribution < -0.4 is 4.72 Å². The van der Waals surface area contributed by atoms with Crippen molar-refractivity contribution in [1.82, 2.24) is 9.71 Å². The summed E-state index contributed by atoms with van der Waals surface area (Å²) in [7, 11) is -3.68. The molecule has 2 N–H and O–H groups in total. The summed E-state index contributed by atoms with van der Waals surface area (Å²) < 4.78 is 48.7. The topological polar surface area (TPSA) is 111 Å². The van der Waals surface area contributed by atoms with Gasteiger partial charge in [-0.1, -0.05) is 170 Å². The lowest BCUT2D eigenvalue weighted by Crippen LogP contribution is -2.38. The molecular formula is C47H42N2O6S2. The van der Waals surface area contributed by atoms with Crippen LogP contribution in [0.2, 0.25) is 0 Å². The van der Waals surface area contributed by atoms with Gasteiger partial charge in [0.15, 0.2) is 12.1 Å². The highest BCUT2D eigenvalue weighted by Crippen LogP contribution is 2.44. The molecule has 6 aromatic carbocycles. The van der Waals surface area contributed by atoms with Crippen molar-refractivity contribution in [2.45, 2.75) is 48.7 Å². The summed E-state index contributed by atoms with van der Waals surface area (Å²) in [5.41, 5.74) is 8.13. The van der Waals surface area contributed by atoms with Crippen LogP contribution in [0.1, 0.15) is 41.6 Å². The predicted octanol–water partition coefficient (Wildman–Crippen LogP) is 10.2. The molecular weight excluding hydrogens is 753 g/mol. The van der Waals surface area contributed by atoms with Gasteiger partial charge in [0.25, 0.3) is 5.22 Å². The van der Waals surface area contributed by atoms with Gasteiger partial charge in [-0.2, -0.15) is 0 Å². The van der Waals surface area contributed by atoms with E-state index in [1.165, 1.54) is 11.8 Å². The number of hydrogen-bond acceptors (Lipinski definition) is 8. The molecule has 1 saturated heterocycles. The van der Waals surface area contributed by atoms with Crippen LogP contribution in [0.5, 0.6) is 0 Å². The summed E-state index contributed by atoms with van der Waals surface area (Å²) >= 11 is 1.52. The molecule has 0 spiro atoms. The zero-order valence-corrected chi connectivity index (χ0v) is 32.9. The summed E-state index contributed by atoms with van der Waals surface area (Å²) in [6.45, 7) is 2.24. The molecule has 1 aliphatic rings. The number of ether oxygens (including phenoxy) is 2. The van der Waals surface area contributed by atoms with Crippen LogP contribution in [0.4, 0.5) is 0 Å². The van der Waals surface area contributed by atoms with Crippen molar-refractivity contribution in [3.63, 3.8) is 0 Å². The van der Waals surface area contributed by atoms with E-state index in [9.17, 15) is 13.5 Å². The number of aliphatic hydroxyl groups is 1. The van der Waals surface area contributed by atoms with Crippen LogP contribution in [0, 0.1) is 5.92 Å². The van der Waals surface area contributed by atoms with Crippen LogP contribution in [0.25, 0.3) is 33.7 Å². The molecule has 288 valence electrons. The van der Waals surface area contributed by atoms with Crippen LogP contribution >= 0.6 is 11.8 Å². The average molecular weight is 795 g/mol. The fourth-order valence-electron chi connectivity index (χ4n) is 7.03. The number of aliphatic hydroxyl groups excluding tert-OH is 1. The molecule has 0 amide bonds. The third-order valence-electron chi connectivity index (χ3n) is 10.2. The first-order chi connectivity index (χ1) is 27.9. The smallest absolute Gasteiger partial charge is 0.256 e. The fraction of sp³-hybridized carbons (Fsp3) is 0.170.